The highest BCUT2D eigenvalue weighted by atomic mass is 32.2. The fraction of sp³-hybridized carbons (Fsp3) is 0.182. The number of nitrogens with one attached hydrogen (secondary N) is 1. The maximum Gasteiger partial charge on any atom is 0.345 e. The Bertz CT molecular complexity index is 1500. The Hall–Kier alpha value is -3.96. The van der Waals surface area contributed by atoms with Crippen molar-refractivity contribution in [2.45, 2.75) is 48.0 Å². The second-order valence-electron chi connectivity index (χ2n) is 9.84. The molecule has 1 heterocycles. The highest BCUT2D eigenvalue weighted by Crippen LogP contribution is 2.36. The average molecular weight is 523 g/mol. The summed E-state index contributed by atoms with van der Waals surface area (Å²) in [6.07, 6.45) is 1.91. The normalized spacial score (nSPS) is 11.6. The smallest absolute Gasteiger partial charge is 0.345 e. The van der Waals surface area contributed by atoms with Gasteiger partial charge in [-0.05, 0) is 69.2 Å². The van der Waals surface area contributed by atoms with Crippen LogP contribution in [0.5, 0.6) is 5.75 Å². The van der Waals surface area contributed by atoms with E-state index >= 15 is 0 Å². The minimum absolute atomic E-state index is 0.157. The summed E-state index contributed by atoms with van der Waals surface area (Å²) in [6, 6.07) is 33.5. The minimum Gasteiger partial charge on any atom is -0.481 e. The molecule has 0 spiro atoms. The summed E-state index contributed by atoms with van der Waals surface area (Å²) in [5, 5.41) is 1.04. The van der Waals surface area contributed by atoms with Crippen LogP contribution in [0.3, 0.4) is 0 Å². The molecule has 38 heavy (non-hydrogen) atoms. The number of fused-ring (bicyclic) bond motifs is 1. The second kappa shape index (κ2) is 10.8. The maximum absolute atomic E-state index is 12.9. The summed E-state index contributed by atoms with van der Waals surface area (Å²) in [4.78, 5) is 19.9. The number of benzene rings is 4. The van der Waals surface area contributed by atoms with Gasteiger partial charge in [-0.1, -0.05) is 54.6 Å². The van der Waals surface area contributed by atoms with E-state index in [1.807, 2.05) is 70.3 Å². The van der Waals surface area contributed by atoms with Crippen LogP contribution < -0.4 is 4.74 Å². The second-order valence-corrected chi connectivity index (χ2v) is 11.9. The van der Waals surface area contributed by atoms with E-state index in [4.69, 9.17) is 9.47 Å². The van der Waals surface area contributed by atoms with Crippen molar-refractivity contribution in [3.63, 3.8) is 0 Å². The van der Waals surface area contributed by atoms with Gasteiger partial charge in [0.2, 0.25) is 0 Å². The van der Waals surface area contributed by atoms with E-state index in [9.17, 15) is 4.79 Å². The quantitative estimate of drug-likeness (QED) is 0.168. The molecule has 1 aromatic heterocycles. The van der Waals surface area contributed by atoms with Gasteiger partial charge in [0, 0.05) is 34.8 Å². The zero-order valence-corrected chi connectivity index (χ0v) is 23.0. The number of H-pyrrole nitrogens is 1. The van der Waals surface area contributed by atoms with Crippen molar-refractivity contribution in [3.05, 3.63) is 120 Å². The lowest BCUT2D eigenvalue weighted by molar-refractivity contribution is -0.159. The predicted molar refractivity (Wildman–Crippen MR) is 154 cm³/mol. The Labute approximate surface area is 227 Å². The van der Waals surface area contributed by atoms with E-state index in [0.29, 0.717) is 0 Å². The zero-order chi connectivity index (χ0) is 26.7. The van der Waals surface area contributed by atoms with Gasteiger partial charge in [0.05, 0.1) is 10.9 Å². The van der Waals surface area contributed by atoms with Gasteiger partial charge in [-0.25, -0.2) is 4.79 Å². The largest absolute Gasteiger partial charge is 0.481 e. The Morgan fingerprint density at radius 1 is 0.789 bits per heavy atom. The van der Waals surface area contributed by atoms with Gasteiger partial charge in [0.1, 0.15) is 11.4 Å². The van der Waals surface area contributed by atoms with Crippen LogP contribution in [0.15, 0.2) is 118 Å². The number of aryl methyl sites for hydroxylation is 2. The van der Waals surface area contributed by atoms with E-state index in [1.165, 1.54) is 14.7 Å². The number of carbonyl (C=O) groups excluding carboxylic acids is 1. The molecule has 5 aromatic rings. The summed E-state index contributed by atoms with van der Waals surface area (Å²) in [7, 11) is -0.249. The summed E-state index contributed by atoms with van der Waals surface area (Å²) >= 11 is 0. The lowest BCUT2D eigenvalue weighted by Gasteiger charge is -2.25. The summed E-state index contributed by atoms with van der Waals surface area (Å²) < 4.78 is 11.9. The first-order chi connectivity index (χ1) is 18.3. The highest BCUT2D eigenvalue weighted by molar-refractivity contribution is 7.97. The highest BCUT2D eigenvalue weighted by Gasteiger charge is 2.31. The van der Waals surface area contributed by atoms with Crippen molar-refractivity contribution in [3.8, 4) is 5.75 Å². The molecule has 1 N–H and O–H groups in total. The zero-order valence-electron chi connectivity index (χ0n) is 22.2. The molecule has 0 radical (unpaired) electrons. The first-order valence-electron chi connectivity index (χ1n) is 12.7. The van der Waals surface area contributed by atoms with E-state index in [2.05, 4.69) is 65.6 Å². The summed E-state index contributed by atoms with van der Waals surface area (Å²) in [5.74, 6) is 0.316. The molecule has 0 aliphatic rings. The average Bonchev–Trinajstić information content (AvgIpc) is 3.35. The molecule has 0 saturated heterocycles. The maximum atomic E-state index is 12.9. The lowest BCUT2D eigenvalue weighted by atomic mass is 9.97. The number of rotatable bonds is 8. The summed E-state index contributed by atoms with van der Waals surface area (Å²) in [5.41, 5.74) is 3.14. The third-order valence-corrected chi connectivity index (χ3v) is 8.76. The fourth-order valence-corrected chi connectivity index (χ4v) is 7.11. The summed E-state index contributed by atoms with van der Waals surface area (Å²) in [6.45, 7) is 7.71. The van der Waals surface area contributed by atoms with Gasteiger partial charge in [-0.2, -0.15) is 0 Å². The number of carbonyl (C=O) groups is 1. The van der Waals surface area contributed by atoms with Gasteiger partial charge in [0.25, 0.3) is 0 Å². The number of hydrogen-bond donors (Lipinski definition) is 1. The molecule has 0 unspecified atom stereocenters. The number of para-hydroxylation sites is 1. The minimum atomic E-state index is -0.798. The topological polar surface area (TPSA) is 51.3 Å². The molecule has 0 saturated carbocycles. The van der Waals surface area contributed by atoms with Crippen LogP contribution in [0.4, 0.5) is 0 Å². The van der Waals surface area contributed by atoms with E-state index in [-0.39, 0.29) is 17.5 Å². The molecule has 0 amide bonds. The lowest BCUT2D eigenvalue weighted by Crippen LogP contribution is -2.28. The van der Waals surface area contributed by atoms with Gasteiger partial charge in [0.15, 0.2) is 21.3 Å². The molecular formula is C33H32NO3S+. The van der Waals surface area contributed by atoms with Crippen molar-refractivity contribution >= 4 is 27.8 Å². The fourth-order valence-electron chi connectivity index (χ4n) is 4.85. The molecule has 4 nitrogen and oxygen atoms in total. The third kappa shape index (κ3) is 5.34. The molecule has 0 atom stereocenters. The number of ether oxygens (including phenoxy) is 2. The standard InChI is InChI=1S/C33H32NO3S/c1-23-19-27(38(25-13-7-5-8-14-25)26-15-9-6-10-16-26)20-24(2)32(23)36-22-31(35)37-33(3,4)29-21-34-30-18-12-11-17-28(29)30/h5-21,34H,22H2,1-4H3/q+1. The van der Waals surface area contributed by atoms with E-state index in [0.717, 1.165) is 33.3 Å². The number of aromatic nitrogens is 1. The molecule has 0 aliphatic heterocycles. The van der Waals surface area contributed by atoms with Crippen molar-refractivity contribution in [1.82, 2.24) is 4.98 Å². The molecule has 5 rings (SSSR count). The van der Waals surface area contributed by atoms with Crippen molar-refractivity contribution in [2.24, 2.45) is 0 Å². The van der Waals surface area contributed by atoms with Gasteiger partial charge < -0.3 is 14.5 Å². The first-order valence-corrected chi connectivity index (χ1v) is 13.9. The van der Waals surface area contributed by atoms with Crippen LogP contribution in [-0.4, -0.2) is 17.6 Å². The Balaban J connectivity index is 1.34. The number of aromatic amines is 1. The molecule has 5 heteroatoms. The Morgan fingerprint density at radius 2 is 1.34 bits per heavy atom. The number of esters is 1. The molecule has 192 valence electrons. The molecule has 0 fully saturated rings. The Morgan fingerprint density at radius 3 is 1.95 bits per heavy atom. The van der Waals surface area contributed by atoms with Crippen LogP contribution in [-0.2, 0) is 26.0 Å². The molecule has 4 aromatic carbocycles. The molecule has 0 bridgehead atoms. The van der Waals surface area contributed by atoms with E-state index in [1.54, 1.807) is 0 Å². The third-order valence-electron chi connectivity index (χ3n) is 6.57. The SMILES string of the molecule is Cc1cc([S+](c2ccccc2)c2ccccc2)cc(C)c1OCC(=O)OC(C)(C)c1c[nH]c2ccccc12. The van der Waals surface area contributed by atoms with E-state index < -0.39 is 11.6 Å². The van der Waals surface area contributed by atoms with Gasteiger partial charge in [-0.15, -0.1) is 0 Å². The van der Waals surface area contributed by atoms with Crippen molar-refractivity contribution in [2.75, 3.05) is 6.61 Å². The van der Waals surface area contributed by atoms with Crippen LogP contribution in [0, 0.1) is 13.8 Å². The first kappa shape index (κ1) is 25.7. The van der Waals surface area contributed by atoms with Crippen LogP contribution in [0.25, 0.3) is 10.9 Å². The van der Waals surface area contributed by atoms with Crippen molar-refractivity contribution in [1.29, 1.82) is 0 Å². The van der Waals surface area contributed by atoms with Crippen LogP contribution >= 0.6 is 0 Å². The van der Waals surface area contributed by atoms with Gasteiger partial charge in [-0.3, -0.25) is 0 Å². The number of hydrogen-bond acceptors (Lipinski definition) is 3. The van der Waals surface area contributed by atoms with Crippen molar-refractivity contribution < 1.29 is 14.3 Å². The molecule has 0 aliphatic carbocycles. The monoisotopic (exact) mass is 522 g/mol. The Kier molecular flexibility index (Phi) is 7.30. The molecular weight excluding hydrogens is 490 g/mol. The predicted octanol–water partition coefficient (Wildman–Crippen LogP) is 7.74. The van der Waals surface area contributed by atoms with Gasteiger partial charge >= 0.3 is 5.97 Å². The van der Waals surface area contributed by atoms with Crippen LogP contribution in [0.1, 0.15) is 30.5 Å². The van der Waals surface area contributed by atoms with Crippen LogP contribution in [0.2, 0.25) is 0 Å².